The maximum Gasteiger partial charge on any atom is 0.242 e. The highest BCUT2D eigenvalue weighted by atomic mass is 16.2. The van der Waals surface area contributed by atoms with Gasteiger partial charge in [0.25, 0.3) is 0 Å². The van der Waals surface area contributed by atoms with Crippen molar-refractivity contribution in [3.05, 3.63) is 35.9 Å². The highest BCUT2D eigenvalue weighted by molar-refractivity contribution is 5.86. The number of hydrogen-bond acceptors (Lipinski definition) is 2. The standard InChI is InChI=1S/C20H32N4O/c1-4-24(15-17-8-6-5-7-9-17)19(25)14-22-20(21-3)23-18-12-10-16(2)11-13-18/h5-9,16,18H,4,10-15H2,1-3H3,(H2,21,22,23). The molecule has 2 N–H and O–H groups in total. The van der Waals surface area contributed by atoms with Crippen molar-refractivity contribution in [3.63, 3.8) is 0 Å². The molecule has 0 aromatic heterocycles. The lowest BCUT2D eigenvalue weighted by Gasteiger charge is -2.28. The average Bonchev–Trinajstić information content (AvgIpc) is 2.65. The van der Waals surface area contributed by atoms with Crippen LogP contribution in [0, 0.1) is 5.92 Å². The van der Waals surface area contributed by atoms with Crippen LogP contribution in [0.25, 0.3) is 0 Å². The first-order valence-electron chi connectivity index (χ1n) is 9.41. The minimum atomic E-state index is 0.0894. The normalized spacial score (nSPS) is 20.8. The number of aliphatic imine (C=N–C) groups is 1. The number of nitrogens with zero attached hydrogens (tertiary/aromatic N) is 2. The van der Waals surface area contributed by atoms with Crippen molar-refractivity contribution in [1.82, 2.24) is 15.5 Å². The van der Waals surface area contributed by atoms with E-state index in [2.05, 4.69) is 22.5 Å². The van der Waals surface area contributed by atoms with Crippen LogP contribution in [0.4, 0.5) is 0 Å². The minimum Gasteiger partial charge on any atom is -0.354 e. The quantitative estimate of drug-likeness (QED) is 0.616. The summed E-state index contributed by atoms with van der Waals surface area (Å²) in [4.78, 5) is 18.6. The number of rotatable bonds is 6. The van der Waals surface area contributed by atoms with Crippen LogP contribution in [0.15, 0.2) is 35.3 Å². The predicted octanol–water partition coefficient (Wildman–Crippen LogP) is 2.78. The fraction of sp³-hybridized carbons (Fsp3) is 0.600. The van der Waals surface area contributed by atoms with Crippen molar-refractivity contribution in [1.29, 1.82) is 0 Å². The molecule has 0 aliphatic heterocycles. The van der Waals surface area contributed by atoms with E-state index in [1.54, 1.807) is 7.05 Å². The molecule has 1 fully saturated rings. The molecule has 1 aliphatic carbocycles. The van der Waals surface area contributed by atoms with Gasteiger partial charge >= 0.3 is 0 Å². The zero-order chi connectivity index (χ0) is 18.1. The van der Waals surface area contributed by atoms with Crippen LogP contribution >= 0.6 is 0 Å². The SMILES string of the molecule is CCN(Cc1ccccc1)C(=O)CNC(=NC)NC1CCC(C)CC1. The van der Waals surface area contributed by atoms with Crippen molar-refractivity contribution in [3.8, 4) is 0 Å². The molecule has 25 heavy (non-hydrogen) atoms. The Morgan fingerprint density at radius 3 is 2.48 bits per heavy atom. The Kier molecular flexibility index (Phi) is 7.76. The number of hydrogen-bond donors (Lipinski definition) is 2. The number of carbonyl (C=O) groups excluding carboxylic acids is 1. The maximum absolute atomic E-state index is 12.5. The second-order valence-corrected chi connectivity index (χ2v) is 6.92. The monoisotopic (exact) mass is 344 g/mol. The van der Waals surface area contributed by atoms with Crippen LogP contribution in [-0.2, 0) is 11.3 Å². The molecule has 5 heteroatoms. The molecule has 1 aromatic carbocycles. The van der Waals surface area contributed by atoms with E-state index in [0.29, 0.717) is 19.1 Å². The van der Waals surface area contributed by atoms with Crippen LogP contribution in [0.2, 0.25) is 0 Å². The summed E-state index contributed by atoms with van der Waals surface area (Å²) < 4.78 is 0. The average molecular weight is 345 g/mol. The summed E-state index contributed by atoms with van der Waals surface area (Å²) in [6.07, 6.45) is 4.86. The van der Waals surface area contributed by atoms with Crippen molar-refractivity contribution in [2.45, 2.75) is 52.1 Å². The summed E-state index contributed by atoms with van der Waals surface area (Å²) in [6.45, 7) is 5.93. The van der Waals surface area contributed by atoms with Gasteiger partial charge in [0.05, 0.1) is 6.54 Å². The van der Waals surface area contributed by atoms with Gasteiger partial charge in [-0.05, 0) is 44.1 Å². The summed E-state index contributed by atoms with van der Waals surface area (Å²) in [5, 5.41) is 6.63. The fourth-order valence-electron chi connectivity index (χ4n) is 3.24. The topological polar surface area (TPSA) is 56.7 Å². The summed E-state index contributed by atoms with van der Waals surface area (Å²) in [6, 6.07) is 10.6. The fourth-order valence-corrected chi connectivity index (χ4v) is 3.24. The van der Waals surface area contributed by atoms with Gasteiger partial charge in [-0.2, -0.15) is 0 Å². The van der Waals surface area contributed by atoms with Gasteiger partial charge in [-0.15, -0.1) is 0 Å². The van der Waals surface area contributed by atoms with Crippen molar-refractivity contribution in [2.75, 3.05) is 20.1 Å². The molecule has 138 valence electrons. The summed E-state index contributed by atoms with van der Waals surface area (Å²) in [7, 11) is 1.76. The Morgan fingerprint density at radius 1 is 1.20 bits per heavy atom. The van der Waals surface area contributed by atoms with E-state index < -0.39 is 0 Å². The number of benzene rings is 1. The lowest BCUT2D eigenvalue weighted by atomic mass is 9.87. The Hall–Kier alpha value is -2.04. The van der Waals surface area contributed by atoms with Crippen LogP contribution in [0.5, 0.6) is 0 Å². The molecular formula is C20H32N4O. The Balaban J connectivity index is 1.79. The second kappa shape index (κ2) is 10.1. The van der Waals surface area contributed by atoms with Gasteiger partial charge < -0.3 is 15.5 Å². The maximum atomic E-state index is 12.5. The molecule has 0 atom stereocenters. The van der Waals surface area contributed by atoms with E-state index in [0.717, 1.165) is 17.4 Å². The van der Waals surface area contributed by atoms with Crippen molar-refractivity contribution in [2.24, 2.45) is 10.9 Å². The van der Waals surface area contributed by atoms with E-state index in [9.17, 15) is 4.79 Å². The van der Waals surface area contributed by atoms with Gasteiger partial charge in [-0.1, -0.05) is 37.3 Å². The zero-order valence-corrected chi connectivity index (χ0v) is 15.8. The Morgan fingerprint density at radius 2 is 1.88 bits per heavy atom. The van der Waals surface area contributed by atoms with Crippen LogP contribution in [0.3, 0.4) is 0 Å². The van der Waals surface area contributed by atoms with Crippen LogP contribution in [-0.4, -0.2) is 42.9 Å². The molecule has 1 saturated carbocycles. The van der Waals surface area contributed by atoms with Gasteiger partial charge in [0.1, 0.15) is 0 Å². The van der Waals surface area contributed by atoms with E-state index in [1.807, 2.05) is 42.2 Å². The van der Waals surface area contributed by atoms with Crippen LogP contribution in [0.1, 0.15) is 45.1 Å². The summed E-state index contributed by atoms with van der Waals surface area (Å²) in [5.41, 5.74) is 1.15. The molecule has 0 saturated heterocycles. The molecule has 2 rings (SSSR count). The first-order chi connectivity index (χ1) is 12.1. The third-order valence-corrected chi connectivity index (χ3v) is 4.94. The molecule has 5 nitrogen and oxygen atoms in total. The molecule has 0 bridgehead atoms. The van der Waals surface area contributed by atoms with Gasteiger partial charge in [0.2, 0.25) is 5.91 Å². The number of nitrogens with one attached hydrogen (secondary N) is 2. The third-order valence-electron chi connectivity index (χ3n) is 4.94. The Bertz CT molecular complexity index is 550. The van der Waals surface area contributed by atoms with Gasteiger partial charge in [-0.25, -0.2) is 0 Å². The number of likely N-dealkylation sites (N-methyl/N-ethyl adjacent to an activating group) is 1. The van der Waals surface area contributed by atoms with Crippen LogP contribution < -0.4 is 10.6 Å². The molecule has 1 aliphatic rings. The molecule has 0 radical (unpaired) electrons. The van der Waals surface area contributed by atoms with E-state index in [1.165, 1.54) is 25.7 Å². The first-order valence-corrected chi connectivity index (χ1v) is 9.41. The lowest BCUT2D eigenvalue weighted by Crippen LogP contribution is -2.48. The third kappa shape index (κ3) is 6.40. The number of carbonyl (C=O) groups is 1. The highest BCUT2D eigenvalue weighted by Gasteiger charge is 2.19. The molecule has 0 unspecified atom stereocenters. The van der Waals surface area contributed by atoms with E-state index in [-0.39, 0.29) is 12.5 Å². The number of guanidine groups is 1. The zero-order valence-electron chi connectivity index (χ0n) is 15.8. The summed E-state index contributed by atoms with van der Waals surface area (Å²) >= 11 is 0. The van der Waals surface area contributed by atoms with Gasteiger partial charge in [0, 0.05) is 26.2 Å². The smallest absolute Gasteiger partial charge is 0.242 e. The Labute approximate surface area is 151 Å². The highest BCUT2D eigenvalue weighted by Crippen LogP contribution is 2.23. The molecule has 1 amide bonds. The van der Waals surface area contributed by atoms with E-state index in [4.69, 9.17) is 0 Å². The largest absolute Gasteiger partial charge is 0.354 e. The molecule has 0 spiro atoms. The number of amides is 1. The van der Waals surface area contributed by atoms with Crippen molar-refractivity contribution < 1.29 is 4.79 Å². The van der Waals surface area contributed by atoms with Gasteiger partial charge in [0.15, 0.2) is 5.96 Å². The van der Waals surface area contributed by atoms with Crippen molar-refractivity contribution >= 4 is 11.9 Å². The van der Waals surface area contributed by atoms with E-state index >= 15 is 0 Å². The lowest BCUT2D eigenvalue weighted by molar-refractivity contribution is -0.130. The second-order valence-electron chi connectivity index (χ2n) is 6.92. The summed E-state index contributed by atoms with van der Waals surface area (Å²) in [5.74, 6) is 1.64. The first kappa shape index (κ1) is 19.3. The van der Waals surface area contributed by atoms with Gasteiger partial charge in [-0.3, -0.25) is 9.79 Å². The molecule has 1 aromatic rings. The minimum absolute atomic E-state index is 0.0894. The molecular weight excluding hydrogens is 312 g/mol. The molecule has 0 heterocycles. The predicted molar refractivity (Wildman–Crippen MR) is 103 cm³/mol.